The Morgan fingerprint density at radius 3 is 3.05 bits per heavy atom. The van der Waals surface area contributed by atoms with Crippen LogP contribution in [0.1, 0.15) is 49.5 Å². The molecule has 2 aromatic heterocycles. The van der Waals surface area contributed by atoms with E-state index in [9.17, 15) is 4.79 Å². The van der Waals surface area contributed by atoms with Gasteiger partial charge in [-0.2, -0.15) is 4.98 Å². The van der Waals surface area contributed by atoms with Gasteiger partial charge in [0, 0.05) is 12.6 Å². The van der Waals surface area contributed by atoms with Crippen LogP contribution in [0.25, 0.3) is 11.5 Å². The van der Waals surface area contributed by atoms with Gasteiger partial charge in [-0.15, -0.1) is 0 Å². The first-order chi connectivity index (χ1) is 9.74. The van der Waals surface area contributed by atoms with E-state index in [2.05, 4.69) is 15.1 Å². The largest absolute Gasteiger partial charge is 0.338 e. The van der Waals surface area contributed by atoms with Crippen molar-refractivity contribution in [3.05, 3.63) is 29.8 Å². The molecule has 2 heterocycles. The Kier molecular flexibility index (Phi) is 3.58. The number of aromatic nitrogens is 3. The Morgan fingerprint density at radius 2 is 2.20 bits per heavy atom. The molecule has 3 rings (SSSR count). The van der Waals surface area contributed by atoms with Gasteiger partial charge in [0.05, 0.1) is 5.92 Å². The molecule has 1 unspecified atom stereocenters. The van der Waals surface area contributed by atoms with Crippen molar-refractivity contribution in [3.8, 4) is 11.5 Å². The highest BCUT2D eigenvalue weighted by atomic mass is 16.5. The van der Waals surface area contributed by atoms with Crippen LogP contribution in [0.4, 0.5) is 0 Å². The van der Waals surface area contributed by atoms with E-state index in [4.69, 9.17) is 4.52 Å². The van der Waals surface area contributed by atoms with E-state index in [1.54, 1.807) is 6.20 Å². The molecular formula is C15H17N3O2. The average molecular weight is 271 g/mol. The van der Waals surface area contributed by atoms with Crippen LogP contribution in [0.2, 0.25) is 0 Å². The lowest BCUT2D eigenvalue weighted by molar-refractivity contribution is -0.120. The lowest BCUT2D eigenvalue weighted by Crippen LogP contribution is -2.10. The van der Waals surface area contributed by atoms with E-state index < -0.39 is 0 Å². The third-order valence-electron chi connectivity index (χ3n) is 3.69. The van der Waals surface area contributed by atoms with Crippen molar-refractivity contribution >= 4 is 5.78 Å². The summed E-state index contributed by atoms with van der Waals surface area (Å²) in [4.78, 5) is 20.7. The van der Waals surface area contributed by atoms with Crippen LogP contribution < -0.4 is 0 Å². The second kappa shape index (κ2) is 5.53. The summed E-state index contributed by atoms with van der Waals surface area (Å²) in [5.74, 6) is 0.884. The Labute approximate surface area is 117 Å². The van der Waals surface area contributed by atoms with Gasteiger partial charge in [0.2, 0.25) is 11.7 Å². The molecule has 0 aliphatic heterocycles. The van der Waals surface area contributed by atoms with Gasteiger partial charge < -0.3 is 4.52 Å². The summed E-state index contributed by atoms with van der Waals surface area (Å²) in [6.45, 7) is 1.99. The summed E-state index contributed by atoms with van der Waals surface area (Å²) in [6, 6.07) is 3.82. The predicted molar refractivity (Wildman–Crippen MR) is 73.1 cm³/mol. The molecular weight excluding hydrogens is 254 g/mol. The van der Waals surface area contributed by atoms with Crippen LogP contribution in [0.15, 0.2) is 22.9 Å². The van der Waals surface area contributed by atoms with Crippen molar-refractivity contribution in [2.45, 2.75) is 44.9 Å². The van der Waals surface area contributed by atoms with Gasteiger partial charge in [-0.1, -0.05) is 18.0 Å². The molecule has 0 saturated heterocycles. The number of carbonyl (C=O) groups excluding carboxylic acids is 1. The summed E-state index contributed by atoms with van der Waals surface area (Å²) in [5.41, 5.74) is 1.77. The SMILES string of the molecule is Cc1ccnc(-c2noc(C3CCCCCC3=O)n2)c1. The molecule has 1 fully saturated rings. The van der Waals surface area contributed by atoms with Gasteiger partial charge >= 0.3 is 0 Å². The molecule has 1 saturated carbocycles. The Hall–Kier alpha value is -2.04. The molecule has 1 atom stereocenters. The number of hydrogen-bond donors (Lipinski definition) is 0. The zero-order valence-electron chi connectivity index (χ0n) is 11.5. The third-order valence-corrected chi connectivity index (χ3v) is 3.69. The second-order valence-electron chi connectivity index (χ2n) is 5.29. The zero-order chi connectivity index (χ0) is 13.9. The first-order valence-electron chi connectivity index (χ1n) is 7.03. The highest BCUT2D eigenvalue weighted by molar-refractivity contribution is 5.85. The molecule has 0 amide bonds. The van der Waals surface area contributed by atoms with Crippen molar-refractivity contribution < 1.29 is 9.32 Å². The van der Waals surface area contributed by atoms with Crippen LogP contribution in [-0.4, -0.2) is 20.9 Å². The molecule has 0 aromatic carbocycles. The van der Waals surface area contributed by atoms with Gasteiger partial charge in [-0.05, 0) is 37.5 Å². The maximum Gasteiger partial charge on any atom is 0.237 e. The molecule has 0 spiro atoms. The Balaban J connectivity index is 1.87. The fourth-order valence-electron chi connectivity index (χ4n) is 2.56. The lowest BCUT2D eigenvalue weighted by atomic mass is 9.99. The zero-order valence-corrected chi connectivity index (χ0v) is 11.5. The molecule has 20 heavy (non-hydrogen) atoms. The minimum absolute atomic E-state index is 0.218. The minimum Gasteiger partial charge on any atom is -0.338 e. The van der Waals surface area contributed by atoms with Crippen LogP contribution in [0, 0.1) is 6.92 Å². The van der Waals surface area contributed by atoms with Crippen LogP contribution in [0.5, 0.6) is 0 Å². The van der Waals surface area contributed by atoms with Crippen LogP contribution in [-0.2, 0) is 4.79 Å². The monoisotopic (exact) mass is 271 g/mol. The quantitative estimate of drug-likeness (QED) is 0.785. The summed E-state index contributed by atoms with van der Waals surface area (Å²) < 4.78 is 5.30. The molecule has 1 aliphatic carbocycles. The van der Waals surface area contributed by atoms with E-state index in [-0.39, 0.29) is 11.7 Å². The van der Waals surface area contributed by atoms with E-state index >= 15 is 0 Å². The Morgan fingerprint density at radius 1 is 1.30 bits per heavy atom. The minimum atomic E-state index is -0.233. The van der Waals surface area contributed by atoms with E-state index in [1.165, 1.54) is 0 Å². The maximum absolute atomic E-state index is 12.1. The lowest BCUT2D eigenvalue weighted by Gasteiger charge is -2.06. The standard InChI is InChI=1S/C15H17N3O2/c1-10-7-8-16-12(9-10)14-17-15(20-18-14)11-5-3-2-4-6-13(11)19/h7-9,11H,2-6H2,1H3. The number of nitrogens with zero attached hydrogens (tertiary/aromatic N) is 3. The number of Topliss-reactive ketones (excluding diaryl/α,β-unsaturated/α-hetero) is 1. The Bertz CT molecular complexity index is 621. The van der Waals surface area contributed by atoms with Crippen LogP contribution in [0.3, 0.4) is 0 Å². The highest BCUT2D eigenvalue weighted by Gasteiger charge is 2.28. The molecule has 104 valence electrons. The molecule has 0 bridgehead atoms. The average Bonchev–Trinajstić information content (AvgIpc) is 2.82. The molecule has 5 nitrogen and oxygen atoms in total. The number of ketones is 1. The molecule has 1 aliphatic rings. The van der Waals surface area contributed by atoms with Crippen molar-refractivity contribution in [2.24, 2.45) is 0 Å². The van der Waals surface area contributed by atoms with Crippen LogP contribution >= 0.6 is 0 Å². The van der Waals surface area contributed by atoms with Crippen molar-refractivity contribution in [3.63, 3.8) is 0 Å². The molecule has 2 aromatic rings. The van der Waals surface area contributed by atoms with Crippen molar-refractivity contribution in [1.82, 2.24) is 15.1 Å². The van der Waals surface area contributed by atoms with Gasteiger partial charge in [0.1, 0.15) is 11.5 Å². The molecule has 0 radical (unpaired) electrons. The number of rotatable bonds is 2. The van der Waals surface area contributed by atoms with Gasteiger partial charge in [0.15, 0.2) is 0 Å². The van der Waals surface area contributed by atoms with Crippen molar-refractivity contribution in [1.29, 1.82) is 0 Å². The van der Waals surface area contributed by atoms with Gasteiger partial charge in [-0.25, -0.2) is 0 Å². The third kappa shape index (κ3) is 2.61. The maximum atomic E-state index is 12.1. The second-order valence-corrected chi connectivity index (χ2v) is 5.29. The highest BCUT2D eigenvalue weighted by Crippen LogP contribution is 2.29. The number of carbonyl (C=O) groups is 1. The summed E-state index contributed by atoms with van der Waals surface area (Å²) in [5, 5.41) is 3.97. The first-order valence-corrected chi connectivity index (χ1v) is 7.03. The van der Waals surface area contributed by atoms with Crippen molar-refractivity contribution in [2.75, 3.05) is 0 Å². The van der Waals surface area contributed by atoms with Gasteiger partial charge in [0.25, 0.3) is 0 Å². The van der Waals surface area contributed by atoms with E-state index in [1.807, 2.05) is 19.1 Å². The predicted octanol–water partition coefficient (Wildman–Crippen LogP) is 3.06. The fourth-order valence-corrected chi connectivity index (χ4v) is 2.56. The van der Waals surface area contributed by atoms with E-state index in [0.29, 0.717) is 23.8 Å². The van der Waals surface area contributed by atoms with Gasteiger partial charge in [-0.3, -0.25) is 9.78 Å². The molecule has 5 heteroatoms. The first kappa shape index (κ1) is 13.0. The number of hydrogen-bond acceptors (Lipinski definition) is 5. The topological polar surface area (TPSA) is 68.9 Å². The normalized spacial score (nSPS) is 19.9. The van der Waals surface area contributed by atoms with E-state index in [0.717, 1.165) is 31.2 Å². The fraction of sp³-hybridized carbons (Fsp3) is 0.467. The number of aryl methyl sites for hydroxylation is 1. The summed E-state index contributed by atoms with van der Waals surface area (Å²) >= 11 is 0. The molecule has 0 N–H and O–H groups in total. The smallest absolute Gasteiger partial charge is 0.237 e. The summed E-state index contributed by atoms with van der Waals surface area (Å²) in [6.07, 6.45) is 6.25. The number of pyridine rings is 1. The summed E-state index contributed by atoms with van der Waals surface area (Å²) in [7, 11) is 0.